The topological polar surface area (TPSA) is 88.6 Å². The second-order valence-corrected chi connectivity index (χ2v) is 5.91. The molecule has 134 valence electrons. The number of nitrogens with one attached hydrogen (secondary N) is 1. The number of rotatable bonds is 4. The number of pyridine rings is 1. The molecule has 0 bridgehead atoms. The van der Waals surface area contributed by atoms with Crippen molar-refractivity contribution in [3.8, 4) is 0 Å². The molecule has 7 nitrogen and oxygen atoms in total. The average Bonchev–Trinajstić information content (AvgIpc) is 3.17. The molecule has 2 amide bonds. The normalized spacial score (nSPS) is 16.2. The van der Waals surface area contributed by atoms with E-state index >= 15 is 0 Å². The van der Waals surface area contributed by atoms with Crippen LogP contribution >= 0.6 is 0 Å². The van der Waals surface area contributed by atoms with Crippen LogP contribution in [0.3, 0.4) is 0 Å². The number of hydrogen-bond donors (Lipinski definition) is 1. The molecule has 1 aliphatic rings. The van der Waals surface area contributed by atoms with E-state index < -0.39 is 12.0 Å². The first-order chi connectivity index (χ1) is 12.6. The second kappa shape index (κ2) is 7.77. The van der Waals surface area contributed by atoms with Gasteiger partial charge in [-0.2, -0.15) is 0 Å². The van der Waals surface area contributed by atoms with Gasteiger partial charge in [0.1, 0.15) is 17.4 Å². The van der Waals surface area contributed by atoms with E-state index in [4.69, 9.17) is 0 Å². The first kappa shape index (κ1) is 17.6. The third-order valence-electron chi connectivity index (χ3n) is 4.22. The molecular weight excluding hydrogens is 334 g/mol. The molecule has 1 aromatic heterocycles. The summed E-state index contributed by atoms with van der Waals surface area (Å²) in [4.78, 5) is 42.6. The van der Waals surface area contributed by atoms with E-state index in [0.29, 0.717) is 18.7 Å². The summed E-state index contributed by atoms with van der Waals surface area (Å²) in [5, 5.41) is 2.83. The lowest BCUT2D eigenvalue weighted by Crippen LogP contribution is -2.43. The van der Waals surface area contributed by atoms with E-state index in [1.165, 1.54) is 24.1 Å². The van der Waals surface area contributed by atoms with Gasteiger partial charge in [0.25, 0.3) is 5.91 Å². The molecule has 1 N–H and O–H groups in total. The van der Waals surface area contributed by atoms with Crippen molar-refractivity contribution in [1.82, 2.24) is 9.88 Å². The lowest BCUT2D eigenvalue weighted by Gasteiger charge is -2.23. The summed E-state index contributed by atoms with van der Waals surface area (Å²) >= 11 is 0. The molecule has 2 aromatic rings. The molecule has 1 aromatic carbocycles. The Morgan fingerprint density at radius 2 is 1.81 bits per heavy atom. The standard InChI is InChI=1S/C19H19N3O4/c1-26-19(25)15-10-5-9-14(21-15)18(24)22-12-6-11-16(22)17(23)20-13-7-3-2-4-8-13/h2-5,7-10,16H,6,11-12H2,1H3,(H,20,23). The highest BCUT2D eigenvalue weighted by Crippen LogP contribution is 2.21. The van der Waals surface area contributed by atoms with Gasteiger partial charge in [-0.05, 0) is 37.1 Å². The maximum absolute atomic E-state index is 12.8. The van der Waals surface area contributed by atoms with Crippen molar-refractivity contribution in [3.05, 3.63) is 59.9 Å². The number of carbonyl (C=O) groups excluding carboxylic acids is 3. The van der Waals surface area contributed by atoms with Crippen molar-refractivity contribution < 1.29 is 19.1 Å². The molecule has 2 heterocycles. The van der Waals surface area contributed by atoms with Crippen LogP contribution in [0.1, 0.15) is 33.8 Å². The van der Waals surface area contributed by atoms with Gasteiger partial charge in [-0.15, -0.1) is 0 Å². The quantitative estimate of drug-likeness (QED) is 0.851. The Morgan fingerprint density at radius 3 is 2.54 bits per heavy atom. The van der Waals surface area contributed by atoms with E-state index in [1.54, 1.807) is 18.2 Å². The number of hydrogen-bond acceptors (Lipinski definition) is 5. The van der Waals surface area contributed by atoms with Crippen molar-refractivity contribution in [3.63, 3.8) is 0 Å². The molecule has 1 fully saturated rings. The largest absolute Gasteiger partial charge is 0.464 e. The van der Waals surface area contributed by atoms with Gasteiger partial charge < -0.3 is 15.0 Å². The molecule has 3 rings (SSSR count). The van der Waals surface area contributed by atoms with Gasteiger partial charge in [0.2, 0.25) is 5.91 Å². The number of aromatic nitrogens is 1. The van der Waals surface area contributed by atoms with Crippen molar-refractivity contribution in [2.24, 2.45) is 0 Å². The predicted molar refractivity (Wildman–Crippen MR) is 94.7 cm³/mol. The van der Waals surface area contributed by atoms with E-state index in [9.17, 15) is 14.4 Å². The van der Waals surface area contributed by atoms with Crippen LogP contribution in [0, 0.1) is 0 Å². The fraction of sp³-hybridized carbons (Fsp3) is 0.263. The number of carbonyl (C=O) groups is 3. The predicted octanol–water partition coefficient (Wildman–Crippen LogP) is 2.11. The van der Waals surface area contributed by atoms with Gasteiger partial charge in [-0.1, -0.05) is 24.3 Å². The number of nitrogens with zero attached hydrogens (tertiary/aromatic N) is 2. The van der Waals surface area contributed by atoms with Gasteiger partial charge in [-0.3, -0.25) is 9.59 Å². The fourth-order valence-electron chi connectivity index (χ4n) is 2.95. The Labute approximate surface area is 151 Å². The van der Waals surface area contributed by atoms with Gasteiger partial charge >= 0.3 is 5.97 Å². The summed E-state index contributed by atoms with van der Waals surface area (Å²) in [7, 11) is 1.25. The Balaban J connectivity index is 1.76. The molecular formula is C19H19N3O4. The summed E-state index contributed by atoms with van der Waals surface area (Å²) in [5.74, 6) is -1.22. The number of benzene rings is 1. The first-order valence-corrected chi connectivity index (χ1v) is 8.32. The number of para-hydroxylation sites is 1. The second-order valence-electron chi connectivity index (χ2n) is 5.91. The third kappa shape index (κ3) is 3.72. The number of amides is 2. The van der Waals surface area contributed by atoms with Crippen LogP contribution in [-0.4, -0.2) is 47.4 Å². The number of likely N-dealkylation sites (tertiary alicyclic amines) is 1. The van der Waals surface area contributed by atoms with Crippen molar-refractivity contribution in [2.45, 2.75) is 18.9 Å². The zero-order chi connectivity index (χ0) is 18.5. The molecule has 0 saturated carbocycles. The molecule has 26 heavy (non-hydrogen) atoms. The molecule has 0 spiro atoms. The van der Waals surface area contributed by atoms with Crippen LogP contribution in [0.2, 0.25) is 0 Å². The number of esters is 1. The molecule has 1 atom stereocenters. The third-order valence-corrected chi connectivity index (χ3v) is 4.22. The summed E-state index contributed by atoms with van der Waals surface area (Å²) in [6.07, 6.45) is 1.32. The Kier molecular flexibility index (Phi) is 5.26. The Bertz CT molecular complexity index is 823. The molecule has 1 unspecified atom stereocenters. The highest BCUT2D eigenvalue weighted by Gasteiger charge is 2.35. The lowest BCUT2D eigenvalue weighted by atomic mass is 10.2. The summed E-state index contributed by atoms with van der Waals surface area (Å²) in [6.45, 7) is 0.468. The first-order valence-electron chi connectivity index (χ1n) is 8.32. The van der Waals surface area contributed by atoms with Crippen molar-refractivity contribution >= 4 is 23.5 Å². The monoisotopic (exact) mass is 353 g/mol. The highest BCUT2D eigenvalue weighted by atomic mass is 16.5. The number of anilines is 1. The minimum atomic E-state index is -0.612. The van der Waals surface area contributed by atoms with Gasteiger partial charge in [0, 0.05) is 12.2 Å². The summed E-state index contributed by atoms with van der Waals surface area (Å²) < 4.78 is 4.63. The molecule has 0 radical (unpaired) electrons. The van der Waals surface area contributed by atoms with Gasteiger partial charge in [-0.25, -0.2) is 9.78 Å². The van der Waals surface area contributed by atoms with Crippen LogP contribution in [0.25, 0.3) is 0 Å². The SMILES string of the molecule is COC(=O)c1cccc(C(=O)N2CCCC2C(=O)Nc2ccccc2)n1. The minimum Gasteiger partial charge on any atom is -0.464 e. The maximum Gasteiger partial charge on any atom is 0.356 e. The van der Waals surface area contributed by atoms with Gasteiger partial charge in [0.05, 0.1) is 7.11 Å². The highest BCUT2D eigenvalue weighted by molar-refractivity contribution is 6.01. The van der Waals surface area contributed by atoms with Crippen molar-refractivity contribution in [1.29, 1.82) is 0 Å². The zero-order valence-corrected chi connectivity index (χ0v) is 14.3. The van der Waals surface area contributed by atoms with Crippen LogP contribution in [0.5, 0.6) is 0 Å². The van der Waals surface area contributed by atoms with Gasteiger partial charge in [0.15, 0.2) is 0 Å². The van der Waals surface area contributed by atoms with E-state index in [-0.39, 0.29) is 23.2 Å². The van der Waals surface area contributed by atoms with E-state index in [0.717, 1.165) is 6.42 Å². The van der Waals surface area contributed by atoms with Crippen LogP contribution in [0.4, 0.5) is 5.69 Å². The minimum absolute atomic E-state index is 0.0582. The van der Waals surface area contributed by atoms with Crippen LogP contribution in [-0.2, 0) is 9.53 Å². The average molecular weight is 353 g/mol. The molecule has 0 aliphatic carbocycles. The smallest absolute Gasteiger partial charge is 0.356 e. The number of methoxy groups -OCH3 is 1. The van der Waals surface area contributed by atoms with Crippen LogP contribution < -0.4 is 5.32 Å². The zero-order valence-electron chi connectivity index (χ0n) is 14.3. The molecule has 1 saturated heterocycles. The maximum atomic E-state index is 12.8. The van der Waals surface area contributed by atoms with Crippen molar-refractivity contribution in [2.75, 3.05) is 19.0 Å². The van der Waals surface area contributed by atoms with E-state index in [2.05, 4.69) is 15.0 Å². The number of ether oxygens (including phenoxy) is 1. The Hall–Kier alpha value is -3.22. The lowest BCUT2D eigenvalue weighted by molar-refractivity contribution is -0.119. The van der Waals surface area contributed by atoms with E-state index in [1.807, 2.05) is 18.2 Å². The summed E-state index contributed by atoms with van der Waals surface area (Å²) in [5.41, 5.74) is 0.859. The van der Waals surface area contributed by atoms with Crippen LogP contribution in [0.15, 0.2) is 48.5 Å². The summed E-state index contributed by atoms with van der Waals surface area (Å²) in [6, 6.07) is 13.1. The molecule has 7 heteroatoms. The molecule has 1 aliphatic heterocycles. The Morgan fingerprint density at radius 1 is 1.08 bits per heavy atom. The fourth-order valence-corrected chi connectivity index (χ4v) is 2.95.